The zero-order chi connectivity index (χ0) is 35.6. The van der Waals surface area contributed by atoms with Crippen molar-refractivity contribution in [3.05, 3.63) is 45.6 Å². The second kappa shape index (κ2) is 17.4. The largest absolute Gasteiger partial charge is 0.493 e. The summed E-state index contributed by atoms with van der Waals surface area (Å²) in [5.41, 5.74) is 1.19. The Morgan fingerprint density at radius 1 is 0.837 bits per heavy atom. The van der Waals surface area contributed by atoms with Crippen LogP contribution >= 0.6 is 0 Å². The van der Waals surface area contributed by atoms with Gasteiger partial charge in [0.15, 0.2) is 17.2 Å². The lowest BCUT2D eigenvalue weighted by atomic mass is 9.73. The minimum Gasteiger partial charge on any atom is -0.493 e. The van der Waals surface area contributed by atoms with Crippen molar-refractivity contribution in [1.29, 1.82) is 0 Å². The molecule has 0 heterocycles. The zero-order valence-electron chi connectivity index (χ0n) is 29.6. The van der Waals surface area contributed by atoms with Crippen molar-refractivity contribution < 1.29 is 38.4 Å². The average molecular weight is 681 g/mol. The minimum absolute atomic E-state index is 0.0288. The Balaban J connectivity index is 1.77. The van der Waals surface area contributed by atoms with Gasteiger partial charge in [0, 0.05) is 12.5 Å². The fourth-order valence-corrected chi connectivity index (χ4v) is 7.53. The number of nitrogens with one attached hydrogen (secondary N) is 2. The molecule has 2 aromatic carbocycles. The van der Waals surface area contributed by atoms with E-state index < -0.39 is 35.3 Å². The molecule has 0 radical (unpaired) electrons. The van der Waals surface area contributed by atoms with Gasteiger partial charge in [-0.05, 0) is 67.0 Å². The number of carboxylic acid groups (broad SMARTS) is 1. The second-order valence-electron chi connectivity index (χ2n) is 13.3. The maximum absolute atomic E-state index is 14.3. The number of amides is 2. The Labute approximate surface area is 289 Å². The van der Waals surface area contributed by atoms with Gasteiger partial charge in [-0.25, -0.2) is 0 Å². The molecule has 1 saturated carbocycles. The molecule has 0 spiro atoms. The third-order valence-electron chi connectivity index (χ3n) is 10.1. The third-order valence-corrected chi connectivity index (χ3v) is 10.1. The number of rotatable bonds is 10. The zero-order valence-corrected chi connectivity index (χ0v) is 29.6. The molecule has 11 heteroatoms. The maximum Gasteiger partial charge on any atom is 0.309 e. The summed E-state index contributed by atoms with van der Waals surface area (Å²) >= 11 is 0. The lowest BCUT2D eigenvalue weighted by molar-refractivity contribution is -0.152. The summed E-state index contributed by atoms with van der Waals surface area (Å²) in [5.74, 6) is -0.453. The fraction of sp³-hybridized carbons (Fsp3) is 0.579. The number of carboxylic acids is 1. The van der Waals surface area contributed by atoms with Crippen LogP contribution in [-0.4, -0.2) is 57.4 Å². The molecule has 0 aromatic heterocycles. The van der Waals surface area contributed by atoms with Crippen LogP contribution in [0.2, 0.25) is 0 Å². The Morgan fingerprint density at radius 3 is 1.96 bits per heavy atom. The molecule has 3 N–H and O–H groups in total. The van der Waals surface area contributed by atoms with E-state index in [0.717, 1.165) is 56.9 Å². The van der Waals surface area contributed by atoms with Gasteiger partial charge in [0.05, 0.1) is 39.9 Å². The van der Waals surface area contributed by atoms with E-state index in [1.807, 2.05) is 6.07 Å². The van der Waals surface area contributed by atoms with Crippen LogP contribution in [0.15, 0.2) is 29.1 Å². The second-order valence-corrected chi connectivity index (χ2v) is 13.3. The summed E-state index contributed by atoms with van der Waals surface area (Å²) in [5, 5.41) is 16.6. The molecule has 268 valence electrons. The smallest absolute Gasteiger partial charge is 0.309 e. The Morgan fingerprint density at radius 2 is 1.43 bits per heavy atom. The van der Waals surface area contributed by atoms with E-state index in [1.54, 1.807) is 19.2 Å². The van der Waals surface area contributed by atoms with E-state index in [9.17, 15) is 24.3 Å². The highest BCUT2D eigenvalue weighted by molar-refractivity contribution is 5.89. The number of ether oxygens (including phenoxy) is 4. The first-order valence-electron chi connectivity index (χ1n) is 17.4. The van der Waals surface area contributed by atoms with Crippen LogP contribution in [0.3, 0.4) is 0 Å². The topological polar surface area (TPSA) is 149 Å². The first kappa shape index (κ1) is 37.5. The molecule has 0 saturated heterocycles. The first-order chi connectivity index (χ1) is 23.6. The van der Waals surface area contributed by atoms with Gasteiger partial charge in [-0.1, -0.05) is 63.9 Å². The SMILES string of the molecule is COc1cc2c(c(OC)c1OC)-c1ccc(OC)c(=O)cc1[C@@H](NC(=O)[C@H](CC1(C(=O)O)CCCCCCCCCCC1)NC(C)=O)CC2. The van der Waals surface area contributed by atoms with E-state index >= 15 is 0 Å². The monoisotopic (exact) mass is 680 g/mol. The van der Waals surface area contributed by atoms with Crippen molar-refractivity contribution in [2.24, 2.45) is 5.41 Å². The number of carbonyl (C=O) groups excluding carboxylic acids is 2. The molecule has 0 aliphatic heterocycles. The van der Waals surface area contributed by atoms with Gasteiger partial charge in [-0.3, -0.25) is 19.2 Å². The molecular formula is C38H52N2O9. The Bertz CT molecular complexity index is 1540. The predicted molar refractivity (Wildman–Crippen MR) is 187 cm³/mol. The van der Waals surface area contributed by atoms with E-state index in [0.29, 0.717) is 59.6 Å². The van der Waals surface area contributed by atoms with Crippen molar-refractivity contribution in [2.75, 3.05) is 28.4 Å². The van der Waals surface area contributed by atoms with Gasteiger partial charge in [0.2, 0.25) is 23.0 Å². The van der Waals surface area contributed by atoms with Gasteiger partial charge in [-0.15, -0.1) is 0 Å². The molecule has 49 heavy (non-hydrogen) atoms. The number of hydrogen-bond donors (Lipinski definition) is 3. The van der Waals surface area contributed by atoms with Crippen LogP contribution in [0.4, 0.5) is 0 Å². The molecule has 1 fully saturated rings. The maximum atomic E-state index is 14.3. The van der Waals surface area contributed by atoms with Crippen molar-refractivity contribution in [3.63, 3.8) is 0 Å². The number of aliphatic carboxylic acids is 1. The van der Waals surface area contributed by atoms with Gasteiger partial charge < -0.3 is 34.7 Å². The minimum atomic E-state index is -1.16. The van der Waals surface area contributed by atoms with E-state index in [1.165, 1.54) is 40.7 Å². The van der Waals surface area contributed by atoms with Crippen molar-refractivity contribution >= 4 is 17.8 Å². The van der Waals surface area contributed by atoms with Crippen molar-refractivity contribution in [2.45, 2.75) is 109 Å². The first-order valence-corrected chi connectivity index (χ1v) is 17.4. The number of hydrogen-bond acceptors (Lipinski definition) is 8. The molecular weight excluding hydrogens is 628 g/mol. The van der Waals surface area contributed by atoms with Crippen LogP contribution < -0.4 is 35.0 Å². The molecule has 2 aliphatic carbocycles. The van der Waals surface area contributed by atoms with Crippen molar-refractivity contribution in [1.82, 2.24) is 10.6 Å². The molecule has 4 rings (SSSR count). The van der Waals surface area contributed by atoms with Gasteiger partial charge in [0.1, 0.15) is 6.04 Å². The summed E-state index contributed by atoms with van der Waals surface area (Å²) in [4.78, 5) is 53.1. The van der Waals surface area contributed by atoms with E-state index in [2.05, 4.69) is 10.6 Å². The number of aryl methyl sites for hydroxylation is 1. The highest BCUT2D eigenvalue weighted by Crippen LogP contribution is 2.50. The van der Waals surface area contributed by atoms with Gasteiger partial charge in [-0.2, -0.15) is 0 Å². The number of methoxy groups -OCH3 is 4. The van der Waals surface area contributed by atoms with E-state index in [4.69, 9.17) is 18.9 Å². The highest BCUT2D eigenvalue weighted by atomic mass is 16.5. The van der Waals surface area contributed by atoms with Crippen LogP contribution in [0.1, 0.15) is 108 Å². The molecule has 11 nitrogen and oxygen atoms in total. The number of benzene rings is 1. The van der Waals surface area contributed by atoms with Gasteiger partial charge >= 0.3 is 5.97 Å². The van der Waals surface area contributed by atoms with Crippen LogP contribution in [0.25, 0.3) is 11.1 Å². The van der Waals surface area contributed by atoms with E-state index in [-0.39, 0.29) is 17.6 Å². The average Bonchev–Trinajstić information content (AvgIpc) is 3.32. The van der Waals surface area contributed by atoms with Crippen LogP contribution in [-0.2, 0) is 20.8 Å². The molecule has 2 amide bonds. The Hall–Kier alpha value is -4.28. The van der Waals surface area contributed by atoms with Crippen LogP contribution in [0.5, 0.6) is 23.0 Å². The summed E-state index contributed by atoms with van der Waals surface area (Å²) in [6, 6.07) is 4.92. The molecule has 2 aromatic rings. The standard InChI is InChI=1S/C38H52N2O9/c1-24(41)39-29(23-38(37(44)45)19-13-11-9-7-6-8-10-12-14-20-38)36(43)40-28-17-15-25-21-32(47-3)34(48-4)35(49-5)33(25)26-16-18-31(46-2)30(42)22-27(26)28/h16,18,21-22,28-29H,6-15,17,19-20,23H2,1-5H3,(H,39,41)(H,40,43)(H,44,45)/t28-,29-/m0/s1. The van der Waals surface area contributed by atoms with Crippen LogP contribution in [0, 0.1) is 5.41 Å². The molecule has 0 unspecified atom stereocenters. The Kier molecular flexibility index (Phi) is 13.3. The highest BCUT2D eigenvalue weighted by Gasteiger charge is 2.42. The summed E-state index contributed by atoms with van der Waals surface area (Å²) < 4.78 is 22.5. The third kappa shape index (κ3) is 8.85. The molecule has 2 atom stereocenters. The number of fused-ring (bicyclic) bond motifs is 3. The summed E-state index contributed by atoms with van der Waals surface area (Å²) in [7, 11) is 6.01. The fourth-order valence-electron chi connectivity index (χ4n) is 7.53. The normalized spacial score (nSPS) is 18.4. The van der Waals surface area contributed by atoms with Gasteiger partial charge in [0.25, 0.3) is 0 Å². The number of carbonyl (C=O) groups is 3. The summed E-state index contributed by atoms with van der Waals surface area (Å²) in [6.45, 7) is 1.33. The lowest BCUT2D eigenvalue weighted by Gasteiger charge is -2.34. The summed E-state index contributed by atoms with van der Waals surface area (Å²) in [6.07, 6.45) is 10.7. The quantitative estimate of drug-likeness (QED) is 0.270. The molecule has 0 bridgehead atoms. The molecule has 2 aliphatic rings. The lowest BCUT2D eigenvalue weighted by Crippen LogP contribution is -2.51. The van der Waals surface area contributed by atoms with Crippen molar-refractivity contribution in [3.8, 4) is 34.1 Å². The predicted octanol–water partition coefficient (Wildman–Crippen LogP) is 6.12.